The van der Waals surface area contributed by atoms with Crippen molar-refractivity contribution in [3.8, 4) is 0 Å². The molecular weight excluding hydrogens is 475 g/mol. The van der Waals surface area contributed by atoms with Crippen LogP contribution in [0.4, 0.5) is 0 Å². The maximum atomic E-state index is 11.6. The summed E-state index contributed by atoms with van der Waals surface area (Å²) in [6.45, 7) is 5.57. The summed E-state index contributed by atoms with van der Waals surface area (Å²) < 4.78 is 23.2. The molecule has 1 saturated heterocycles. The number of guanidine groups is 1. The Morgan fingerprint density at radius 1 is 1.30 bits per heavy atom. The van der Waals surface area contributed by atoms with Crippen LogP contribution >= 0.6 is 24.0 Å². The monoisotopic (exact) mass is 504 g/mol. The largest absolute Gasteiger partial charge is 0.361 e. The first-order valence-corrected chi connectivity index (χ1v) is 11.2. The molecule has 0 spiro atoms. The minimum absolute atomic E-state index is 0. The predicted molar refractivity (Wildman–Crippen MR) is 123 cm³/mol. The van der Waals surface area contributed by atoms with Crippen molar-refractivity contribution in [2.75, 3.05) is 24.6 Å². The molecule has 27 heavy (non-hydrogen) atoms. The van der Waals surface area contributed by atoms with Crippen LogP contribution < -0.4 is 10.6 Å². The summed E-state index contributed by atoms with van der Waals surface area (Å²) in [5.74, 6) is 1.16. The van der Waals surface area contributed by atoms with Gasteiger partial charge in [-0.2, -0.15) is 0 Å². The minimum Gasteiger partial charge on any atom is -0.361 e. The normalized spacial score (nSPS) is 19.0. The van der Waals surface area contributed by atoms with Gasteiger partial charge in [0.15, 0.2) is 15.8 Å². The van der Waals surface area contributed by atoms with Crippen LogP contribution in [-0.2, 0) is 22.7 Å². The number of aromatic nitrogens is 1. The Bertz CT molecular complexity index is 892. The molecule has 1 atom stereocenters. The van der Waals surface area contributed by atoms with Gasteiger partial charge >= 0.3 is 0 Å². The molecule has 1 fully saturated rings. The molecule has 1 aliphatic heterocycles. The topological polar surface area (TPSA) is 86.3 Å². The third kappa shape index (κ3) is 5.60. The Balaban J connectivity index is 0.00000261. The van der Waals surface area contributed by atoms with E-state index in [9.17, 15) is 8.42 Å². The zero-order valence-electron chi connectivity index (χ0n) is 15.9. The molecule has 3 rings (SSSR count). The third-order valence-electron chi connectivity index (χ3n) is 4.84. The first-order valence-electron chi connectivity index (χ1n) is 9.35. The van der Waals surface area contributed by atoms with E-state index in [1.54, 1.807) is 0 Å². The molecule has 0 radical (unpaired) electrons. The summed E-state index contributed by atoms with van der Waals surface area (Å²) in [7, 11) is -2.89. The number of H-pyrrole nitrogens is 1. The van der Waals surface area contributed by atoms with Crippen LogP contribution in [0.5, 0.6) is 0 Å². The Hall–Kier alpha value is -1.29. The fraction of sp³-hybridized carbons (Fsp3) is 0.526. The molecule has 1 aromatic heterocycles. The first-order chi connectivity index (χ1) is 12.5. The number of fused-ring (bicyclic) bond motifs is 1. The second kappa shape index (κ2) is 9.77. The molecule has 0 saturated carbocycles. The highest BCUT2D eigenvalue weighted by atomic mass is 127. The Morgan fingerprint density at radius 2 is 2.11 bits per heavy atom. The molecule has 0 bridgehead atoms. The van der Waals surface area contributed by atoms with E-state index < -0.39 is 9.84 Å². The van der Waals surface area contributed by atoms with Gasteiger partial charge in [0, 0.05) is 36.2 Å². The Morgan fingerprint density at radius 3 is 2.78 bits per heavy atom. The number of aromatic amines is 1. The third-order valence-corrected chi connectivity index (χ3v) is 6.60. The second-order valence-corrected chi connectivity index (χ2v) is 8.99. The Labute approximate surface area is 178 Å². The number of nitrogens with zero attached hydrogens (tertiary/aromatic N) is 1. The maximum Gasteiger partial charge on any atom is 0.191 e. The van der Waals surface area contributed by atoms with Crippen LogP contribution in [0.15, 0.2) is 29.4 Å². The number of sulfone groups is 1. The van der Waals surface area contributed by atoms with Gasteiger partial charge in [0.2, 0.25) is 0 Å². The number of rotatable bonds is 6. The molecule has 3 N–H and O–H groups in total. The zero-order chi connectivity index (χ0) is 18.6. The Kier molecular flexibility index (Phi) is 7.96. The van der Waals surface area contributed by atoms with Gasteiger partial charge in [-0.1, -0.05) is 25.1 Å². The van der Waals surface area contributed by atoms with E-state index in [-0.39, 0.29) is 41.5 Å². The van der Waals surface area contributed by atoms with Gasteiger partial charge in [-0.15, -0.1) is 24.0 Å². The molecule has 150 valence electrons. The van der Waals surface area contributed by atoms with Crippen LogP contribution in [0.2, 0.25) is 0 Å². The standard InChI is InChI=1S/C19H28N4O2S.HI/c1-3-14-6-5-7-17-15(12-22-18(14)17)8-10-21-19(20-4-2)23-16-9-11-26(24,25)13-16;/h5-7,12,16,22H,3-4,8-11,13H2,1-2H3,(H2,20,21,23);1H. The zero-order valence-corrected chi connectivity index (χ0v) is 19.1. The lowest BCUT2D eigenvalue weighted by atomic mass is 10.1. The molecule has 1 aliphatic rings. The summed E-state index contributed by atoms with van der Waals surface area (Å²) >= 11 is 0. The lowest BCUT2D eigenvalue weighted by Crippen LogP contribution is -2.44. The number of halogens is 1. The smallest absolute Gasteiger partial charge is 0.191 e. The summed E-state index contributed by atoms with van der Waals surface area (Å²) in [5.41, 5.74) is 3.81. The van der Waals surface area contributed by atoms with E-state index in [1.165, 1.54) is 22.0 Å². The maximum absolute atomic E-state index is 11.6. The van der Waals surface area contributed by atoms with E-state index in [0.29, 0.717) is 18.9 Å². The van der Waals surface area contributed by atoms with Gasteiger partial charge < -0.3 is 15.6 Å². The second-order valence-electron chi connectivity index (χ2n) is 6.76. The van der Waals surface area contributed by atoms with Crippen LogP contribution in [0.3, 0.4) is 0 Å². The first kappa shape index (κ1) is 22.0. The van der Waals surface area contributed by atoms with E-state index in [1.807, 2.05) is 6.92 Å². The van der Waals surface area contributed by atoms with Crippen molar-refractivity contribution in [1.82, 2.24) is 15.6 Å². The van der Waals surface area contributed by atoms with Crippen LogP contribution in [0.25, 0.3) is 10.9 Å². The SMILES string of the molecule is CCNC(=NCCc1c[nH]c2c(CC)cccc12)NC1CCS(=O)(=O)C1.I. The predicted octanol–water partition coefficient (Wildman–Crippen LogP) is 2.63. The molecular formula is C19H29IN4O2S. The van der Waals surface area contributed by atoms with Gasteiger partial charge in [-0.3, -0.25) is 4.99 Å². The molecule has 8 heteroatoms. The molecule has 0 aliphatic carbocycles. The molecule has 0 amide bonds. The lowest BCUT2D eigenvalue weighted by Gasteiger charge is -2.15. The van der Waals surface area contributed by atoms with Crippen molar-refractivity contribution < 1.29 is 8.42 Å². The minimum atomic E-state index is -2.89. The van der Waals surface area contributed by atoms with Crippen LogP contribution in [-0.4, -0.2) is 50.0 Å². The van der Waals surface area contributed by atoms with Crippen molar-refractivity contribution in [3.63, 3.8) is 0 Å². The fourth-order valence-electron chi connectivity index (χ4n) is 3.49. The van der Waals surface area contributed by atoms with Gasteiger partial charge in [0.05, 0.1) is 11.5 Å². The van der Waals surface area contributed by atoms with E-state index in [0.717, 1.165) is 19.4 Å². The summed E-state index contributed by atoms with van der Waals surface area (Å²) in [5, 5.41) is 7.73. The van der Waals surface area contributed by atoms with E-state index in [4.69, 9.17) is 0 Å². The van der Waals surface area contributed by atoms with Crippen molar-refractivity contribution in [1.29, 1.82) is 0 Å². The number of hydrogen-bond donors (Lipinski definition) is 3. The quantitative estimate of drug-likeness (QED) is 0.321. The number of aliphatic imine (C=N–C) groups is 1. The molecule has 6 nitrogen and oxygen atoms in total. The van der Waals surface area contributed by atoms with Gasteiger partial charge in [0.1, 0.15) is 0 Å². The highest BCUT2D eigenvalue weighted by Crippen LogP contribution is 2.22. The molecule has 1 unspecified atom stereocenters. The lowest BCUT2D eigenvalue weighted by molar-refractivity contribution is 0.599. The van der Waals surface area contributed by atoms with E-state index >= 15 is 0 Å². The van der Waals surface area contributed by atoms with Crippen molar-refractivity contribution in [2.45, 2.75) is 39.2 Å². The van der Waals surface area contributed by atoms with Gasteiger partial charge in [-0.25, -0.2) is 8.42 Å². The van der Waals surface area contributed by atoms with Crippen LogP contribution in [0, 0.1) is 0 Å². The van der Waals surface area contributed by atoms with Crippen molar-refractivity contribution in [3.05, 3.63) is 35.5 Å². The summed E-state index contributed by atoms with van der Waals surface area (Å²) in [6, 6.07) is 6.37. The van der Waals surface area contributed by atoms with Gasteiger partial charge in [-0.05, 0) is 37.3 Å². The molecule has 2 heterocycles. The van der Waals surface area contributed by atoms with Crippen molar-refractivity contribution >= 4 is 50.7 Å². The average Bonchev–Trinajstić information content (AvgIpc) is 3.18. The molecule has 1 aromatic carbocycles. The van der Waals surface area contributed by atoms with E-state index in [2.05, 4.69) is 51.9 Å². The number of para-hydroxylation sites is 1. The summed E-state index contributed by atoms with van der Waals surface area (Å²) in [4.78, 5) is 8.03. The molecule has 2 aromatic rings. The highest BCUT2D eigenvalue weighted by Gasteiger charge is 2.28. The number of hydrogen-bond acceptors (Lipinski definition) is 3. The number of benzene rings is 1. The highest BCUT2D eigenvalue weighted by molar-refractivity contribution is 14.0. The van der Waals surface area contributed by atoms with Gasteiger partial charge in [0.25, 0.3) is 0 Å². The van der Waals surface area contributed by atoms with Crippen molar-refractivity contribution in [2.24, 2.45) is 4.99 Å². The summed E-state index contributed by atoms with van der Waals surface area (Å²) in [6.07, 6.45) is 4.57. The number of aryl methyl sites for hydroxylation is 1. The number of nitrogens with one attached hydrogen (secondary N) is 3. The van der Waals surface area contributed by atoms with Crippen LogP contribution in [0.1, 0.15) is 31.4 Å². The average molecular weight is 504 g/mol. The fourth-order valence-corrected chi connectivity index (χ4v) is 5.16.